The first-order valence-corrected chi connectivity index (χ1v) is 4.95. The second-order valence-corrected chi connectivity index (χ2v) is 3.75. The van der Waals surface area contributed by atoms with E-state index in [-0.39, 0.29) is 6.61 Å². The van der Waals surface area contributed by atoms with Gasteiger partial charge in [0.25, 0.3) is 0 Å². The van der Waals surface area contributed by atoms with Crippen LogP contribution >= 0.6 is 11.6 Å². The SMILES string of the molecule is Cn1c(CCO)cc2cccc(Cl)c21. The number of nitrogens with zero attached hydrogens (tertiary/aromatic N) is 1. The Kier molecular flexibility index (Phi) is 2.48. The van der Waals surface area contributed by atoms with Crippen LogP contribution in [0.1, 0.15) is 5.69 Å². The van der Waals surface area contributed by atoms with Crippen LogP contribution in [0.3, 0.4) is 0 Å². The summed E-state index contributed by atoms with van der Waals surface area (Å²) in [6.07, 6.45) is 0.668. The van der Waals surface area contributed by atoms with Crippen LogP contribution in [0.4, 0.5) is 0 Å². The van der Waals surface area contributed by atoms with Gasteiger partial charge in [0.2, 0.25) is 0 Å². The van der Waals surface area contributed by atoms with Gasteiger partial charge in [0, 0.05) is 31.2 Å². The highest BCUT2D eigenvalue weighted by atomic mass is 35.5. The highest BCUT2D eigenvalue weighted by molar-refractivity contribution is 6.35. The Morgan fingerprint density at radius 2 is 2.21 bits per heavy atom. The van der Waals surface area contributed by atoms with Crippen LogP contribution in [0, 0.1) is 0 Å². The standard InChI is InChI=1S/C11H12ClNO/c1-13-9(5-6-14)7-8-3-2-4-10(12)11(8)13/h2-4,7,14H,5-6H2,1H3. The number of aliphatic hydroxyl groups is 1. The number of halogens is 1. The van der Waals surface area contributed by atoms with Gasteiger partial charge in [0.15, 0.2) is 0 Å². The van der Waals surface area contributed by atoms with Crippen molar-refractivity contribution in [3.05, 3.63) is 35.0 Å². The first kappa shape index (κ1) is 9.56. The maximum atomic E-state index is 8.89. The Bertz CT molecular complexity index is 462. The zero-order valence-electron chi connectivity index (χ0n) is 8.00. The maximum absolute atomic E-state index is 8.89. The summed E-state index contributed by atoms with van der Waals surface area (Å²) >= 11 is 6.09. The van der Waals surface area contributed by atoms with Gasteiger partial charge in [-0.05, 0) is 12.1 Å². The number of fused-ring (bicyclic) bond motifs is 1. The predicted molar refractivity (Wildman–Crippen MR) is 58.7 cm³/mol. The third-order valence-electron chi connectivity index (χ3n) is 2.47. The zero-order chi connectivity index (χ0) is 10.1. The lowest BCUT2D eigenvalue weighted by molar-refractivity contribution is 0.297. The van der Waals surface area contributed by atoms with Crippen molar-refractivity contribution in [2.75, 3.05) is 6.61 Å². The smallest absolute Gasteiger partial charge is 0.0669 e. The summed E-state index contributed by atoms with van der Waals surface area (Å²) in [6, 6.07) is 7.92. The molecular weight excluding hydrogens is 198 g/mol. The van der Waals surface area contributed by atoms with Gasteiger partial charge >= 0.3 is 0 Å². The van der Waals surface area contributed by atoms with E-state index in [1.54, 1.807) is 0 Å². The van der Waals surface area contributed by atoms with Gasteiger partial charge in [-0.15, -0.1) is 0 Å². The molecule has 2 nitrogen and oxygen atoms in total. The van der Waals surface area contributed by atoms with Crippen molar-refractivity contribution in [1.29, 1.82) is 0 Å². The summed E-state index contributed by atoms with van der Waals surface area (Å²) in [6.45, 7) is 0.168. The lowest BCUT2D eigenvalue weighted by atomic mass is 10.2. The zero-order valence-corrected chi connectivity index (χ0v) is 8.75. The molecule has 2 rings (SSSR count). The number of benzene rings is 1. The van der Waals surface area contributed by atoms with Gasteiger partial charge in [0.1, 0.15) is 0 Å². The Hall–Kier alpha value is -0.990. The summed E-state index contributed by atoms with van der Waals surface area (Å²) < 4.78 is 2.04. The van der Waals surface area contributed by atoms with Gasteiger partial charge in [-0.2, -0.15) is 0 Å². The lowest BCUT2D eigenvalue weighted by Crippen LogP contribution is -1.98. The van der Waals surface area contributed by atoms with Crippen molar-refractivity contribution in [1.82, 2.24) is 4.57 Å². The second kappa shape index (κ2) is 3.64. The minimum absolute atomic E-state index is 0.168. The Balaban J connectivity index is 2.68. The molecule has 0 spiro atoms. The van der Waals surface area contributed by atoms with Crippen molar-refractivity contribution in [3.8, 4) is 0 Å². The largest absolute Gasteiger partial charge is 0.396 e. The summed E-state index contributed by atoms with van der Waals surface area (Å²) in [5.74, 6) is 0. The minimum Gasteiger partial charge on any atom is -0.396 e. The minimum atomic E-state index is 0.168. The molecule has 0 atom stereocenters. The molecule has 0 bridgehead atoms. The van der Waals surface area contributed by atoms with Gasteiger partial charge in [-0.3, -0.25) is 0 Å². The topological polar surface area (TPSA) is 25.2 Å². The average Bonchev–Trinajstić information content (AvgIpc) is 2.46. The third kappa shape index (κ3) is 1.41. The number of hydrogen-bond donors (Lipinski definition) is 1. The van der Waals surface area contributed by atoms with E-state index in [1.807, 2.05) is 29.8 Å². The summed E-state index contributed by atoms with van der Waals surface area (Å²) in [4.78, 5) is 0. The molecule has 1 N–H and O–H groups in total. The van der Waals surface area contributed by atoms with Gasteiger partial charge in [-0.1, -0.05) is 23.7 Å². The third-order valence-corrected chi connectivity index (χ3v) is 2.78. The fourth-order valence-electron chi connectivity index (χ4n) is 1.78. The molecule has 0 saturated carbocycles. The van der Waals surface area contributed by atoms with E-state index in [1.165, 1.54) is 0 Å². The lowest BCUT2D eigenvalue weighted by Gasteiger charge is -2.02. The normalized spacial score (nSPS) is 11.1. The molecule has 0 fully saturated rings. The van der Waals surface area contributed by atoms with Crippen LogP contribution in [0.5, 0.6) is 0 Å². The van der Waals surface area contributed by atoms with E-state index in [2.05, 4.69) is 6.07 Å². The Morgan fingerprint density at radius 3 is 2.86 bits per heavy atom. The second-order valence-electron chi connectivity index (χ2n) is 3.35. The first-order valence-electron chi connectivity index (χ1n) is 4.57. The molecule has 0 amide bonds. The van der Waals surface area contributed by atoms with Crippen LogP contribution < -0.4 is 0 Å². The molecular formula is C11H12ClNO. The number of para-hydroxylation sites is 1. The van der Waals surface area contributed by atoms with Crippen molar-refractivity contribution in [3.63, 3.8) is 0 Å². The molecule has 0 radical (unpaired) electrons. The average molecular weight is 210 g/mol. The van der Waals surface area contributed by atoms with E-state index < -0.39 is 0 Å². The fourth-order valence-corrected chi connectivity index (χ4v) is 2.09. The molecule has 0 aliphatic heterocycles. The summed E-state index contributed by atoms with van der Waals surface area (Å²) in [5.41, 5.74) is 2.15. The van der Waals surface area contributed by atoms with Crippen LogP contribution in [0.15, 0.2) is 24.3 Å². The Morgan fingerprint density at radius 1 is 1.43 bits per heavy atom. The van der Waals surface area contributed by atoms with Crippen LogP contribution in [-0.4, -0.2) is 16.3 Å². The Labute approximate surface area is 87.7 Å². The van der Waals surface area contributed by atoms with Crippen LogP contribution in [0.2, 0.25) is 5.02 Å². The molecule has 74 valence electrons. The monoisotopic (exact) mass is 209 g/mol. The molecule has 1 heterocycles. The molecule has 0 aliphatic rings. The molecule has 1 aromatic heterocycles. The van der Waals surface area contributed by atoms with Gasteiger partial charge in [-0.25, -0.2) is 0 Å². The highest BCUT2D eigenvalue weighted by Crippen LogP contribution is 2.26. The summed E-state index contributed by atoms with van der Waals surface area (Å²) in [5, 5.41) is 10.8. The van der Waals surface area contributed by atoms with E-state index in [9.17, 15) is 0 Å². The quantitative estimate of drug-likeness (QED) is 0.807. The first-order chi connectivity index (χ1) is 6.74. The fraction of sp³-hybridized carbons (Fsp3) is 0.273. The number of aryl methyl sites for hydroxylation is 1. The van der Waals surface area contributed by atoms with Gasteiger partial charge in [0.05, 0.1) is 10.5 Å². The van der Waals surface area contributed by atoms with Gasteiger partial charge < -0.3 is 9.67 Å². The van der Waals surface area contributed by atoms with Crippen molar-refractivity contribution < 1.29 is 5.11 Å². The van der Waals surface area contributed by atoms with E-state index >= 15 is 0 Å². The van der Waals surface area contributed by atoms with E-state index in [0.29, 0.717) is 6.42 Å². The maximum Gasteiger partial charge on any atom is 0.0669 e. The summed E-state index contributed by atoms with van der Waals surface area (Å²) in [7, 11) is 1.97. The molecule has 1 aromatic carbocycles. The number of aliphatic hydroxyl groups excluding tert-OH is 1. The number of rotatable bonds is 2. The van der Waals surface area contributed by atoms with Crippen molar-refractivity contribution in [2.24, 2.45) is 7.05 Å². The molecule has 0 saturated heterocycles. The van der Waals surface area contributed by atoms with Crippen LogP contribution in [-0.2, 0) is 13.5 Å². The predicted octanol–water partition coefficient (Wildman–Crippen LogP) is 2.37. The van der Waals surface area contributed by atoms with E-state index in [4.69, 9.17) is 16.7 Å². The number of aromatic nitrogens is 1. The highest BCUT2D eigenvalue weighted by Gasteiger charge is 2.07. The van der Waals surface area contributed by atoms with Crippen LogP contribution in [0.25, 0.3) is 10.9 Å². The molecule has 14 heavy (non-hydrogen) atoms. The van der Waals surface area contributed by atoms with Crippen molar-refractivity contribution >= 4 is 22.5 Å². The molecule has 2 aromatic rings. The van der Waals surface area contributed by atoms with Crippen molar-refractivity contribution in [2.45, 2.75) is 6.42 Å². The molecule has 0 aliphatic carbocycles. The molecule has 3 heteroatoms. The van der Waals surface area contributed by atoms with E-state index in [0.717, 1.165) is 21.6 Å². The number of hydrogen-bond acceptors (Lipinski definition) is 1. The molecule has 0 unspecified atom stereocenters.